The highest BCUT2D eigenvalue weighted by atomic mass is 19.1. The summed E-state index contributed by atoms with van der Waals surface area (Å²) in [7, 11) is 0. The molecule has 1 aromatic carbocycles. The zero-order valence-electron chi connectivity index (χ0n) is 14.6. The van der Waals surface area contributed by atoms with Crippen LogP contribution in [0.15, 0.2) is 60.0 Å². The minimum atomic E-state index is -1.49. The predicted octanol–water partition coefficient (Wildman–Crippen LogP) is 1.74. The predicted molar refractivity (Wildman–Crippen MR) is 98.4 cm³/mol. The van der Waals surface area contributed by atoms with Crippen LogP contribution in [0.5, 0.6) is 0 Å². The molecule has 142 valence electrons. The lowest BCUT2D eigenvalue weighted by atomic mass is 9.83. The van der Waals surface area contributed by atoms with Crippen molar-refractivity contribution in [3.63, 3.8) is 0 Å². The second kappa shape index (κ2) is 6.84. The fraction of sp³-hybridized carbons (Fsp3) is 0.158. The van der Waals surface area contributed by atoms with Gasteiger partial charge in [0.15, 0.2) is 11.5 Å². The van der Waals surface area contributed by atoms with Gasteiger partial charge in [-0.3, -0.25) is 14.8 Å². The number of aromatic nitrogens is 3. The van der Waals surface area contributed by atoms with Crippen LogP contribution in [0.4, 0.5) is 8.78 Å². The third-order valence-corrected chi connectivity index (χ3v) is 4.57. The molecule has 1 unspecified atom stereocenters. The Hall–Kier alpha value is -3.62. The number of hydrogen-bond acceptors (Lipinski definition) is 5. The molecule has 1 aliphatic rings. The van der Waals surface area contributed by atoms with Gasteiger partial charge in [0.25, 0.3) is 5.91 Å². The van der Waals surface area contributed by atoms with Crippen LogP contribution in [0.25, 0.3) is 11.1 Å². The molecule has 0 radical (unpaired) electrons. The van der Waals surface area contributed by atoms with Crippen LogP contribution in [0.1, 0.15) is 11.1 Å². The molecule has 1 atom stereocenters. The Balaban J connectivity index is 1.88. The van der Waals surface area contributed by atoms with E-state index in [1.807, 2.05) is 0 Å². The summed E-state index contributed by atoms with van der Waals surface area (Å²) in [5.41, 5.74) is 6.02. The molecule has 0 bridgehead atoms. The molecule has 1 amide bonds. The van der Waals surface area contributed by atoms with Crippen molar-refractivity contribution in [2.75, 3.05) is 6.67 Å². The number of alkyl halides is 1. The molecule has 7 nitrogen and oxygen atoms in total. The molecule has 0 fully saturated rings. The van der Waals surface area contributed by atoms with Crippen LogP contribution in [0.2, 0.25) is 0 Å². The van der Waals surface area contributed by atoms with E-state index in [0.717, 1.165) is 0 Å². The van der Waals surface area contributed by atoms with E-state index in [9.17, 15) is 13.6 Å². The molecule has 1 aliphatic heterocycles. The van der Waals surface area contributed by atoms with Gasteiger partial charge >= 0.3 is 0 Å². The van der Waals surface area contributed by atoms with Gasteiger partial charge in [0, 0.05) is 23.5 Å². The van der Waals surface area contributed by atoms with E-state index in [4.69, 9.17) is 5.73 Å². The van der Waals surface area contributed by atoms with Crippen LogP contribution in [-0.2, 0) is 16.9 Å². The Bertz CT molecular complexity index is 1080. The Morgan fingerprint density at radius 1 is 1.21 bits per heavy atom. The number of nitrogens with one attached hydrogen (secondary N) is 1. The molecule has 3 heterocycles. The number of guanidine groups is 1. The average Bonchev–Trinajstić information content (AvgIpc) is 3.27. The molecule has 0 aliphatic carbocycles. The normalized spacial score (nSPS) is 18.8. The third-order valence-electron chi connectivity index (χ3n) is 4.57. The first kappa shape index (κ1) is 17.8. The number of aliphatic imine (C=N–C) groups is 1. The number of aryl methyl sites for hydroxylation is 1. The molecule has 3 N–H and O–H groups in total. The summed E-state index contributed by atoms with van der Waals surface area (Å²) in [4.78, 5) is 20.9. The second-order valence-electron chi connectivity index (χ2n) is 6.27. The minimum absolute atomic E-state index is 0.0406. The third kappa shape index (κ3) is 2.81. The molecular weight excluding hydrogens is 366 g/mol. The summed E-state index contributed by atoms with van der Waals surface area (Å²) in [6, 6.07) is 9.99. The summed E-state index contributed by atoms with van der Waals surface area (Å²) in [6.45, 7) is -0.542. The zero-order chi connectivity index (χ0) is 19.7. The molecule has 3 aromatic rings. The summed E-state index contributed by atoms with van der Waals surface area (Å²) in [5, 5.41) is 6.60. The van der Waals surface area contributed by atoms with E-state index in [-0.39, 0.29) is 12.5 Å². The van der Waals surface area contributed by atoms with Gasteiger partial charge in [0.1, 0.15) is 6.67 Å². The number of carbonyl (C=O) groups is 1. The average molecular weight is 382 g/mol. The fourth-order valence-electron chi connectivity index (χ4n) is 3.30. The van der Waals surface area contributed by atoms with Crippen molar-refractivity contribution in [1.82, 2.24) is 20.1 Å². The van der Waals surface area contributed by atoms with E-state index < -0.39 is 24.1 Å². The van der Waals surface area contributed by atoms with Crippen LogP contribution in [0, 0.1) is 5.95 Å². The van der Waals surface area contributed by atoms with Gasteiger partial charge in [0.2, 0.25) is 5.95 Å². The van der Waals surface area contributed by atoms with Crippen LogP contribution in [0.3, 0.4) is 0 Å². The summed E-state index contributed by atoms with van der Waals surface area (Å²) < 4.78 is 28.2. The van der Waals surface area contributed by atoms with Gasteiger partial charge in [-0.15, -0.1) is 0 Å². The lowest BCUT2D eigenvalue weighted by Gasteiger charge is -2.23. The standard InChI is InChI=1S/C19H16F2N6O/c20-6-8-27-11-14(10-24-27)19(17(28)25-18(22)26-19)13-4-1-3-12(9-13)15-5-2-7-23-16(15)21/h1-5,7,9-11H,6,8H2,(H3,22,25,26,28). The molecule has 9 heteroatoms. The van der Waals surface area contributed by atoms with Gasteiger partial charge in [-0.25, -0.2) is 14.4 Å². The Morgan fingerprint density at radius 3 is 2.79 bits per heavy atom. The van der Waals surface area contributed by atoms with Gasteiger partial charge in [-0.05, 0) is 29.3 Å². The smallest absolute Gasteiger partial charge is 0.264 e. The molecule has 0 spiro atoms. The number of halogens is 2. The summed E-state index contributed by atoms with van der Waals surface area (Å²) in [6.07, 6.45) is 4.37. The topological polar surface area (TPSA) is 98.2 Å². The molecular formula is C19H16F2N6O. The monoisotopic (exact) mass is 382 g/mol. The largest absolute Gasteiger partial charge is 0.370 e. The van der Waals surface area contributed by atoms with Crippen molar-refractivity contribution in [3.05, 3.63) is 72.1 Å². The quantitative estimate of drug-likeness (QED) is 0.657. The number of pyridine rings is 1. The molecule has 0 saturated heterocycles. The number of amides is 1. The van der Waals surface area contributed by atoms with Crippen molar-refractivity contribution in [2.24, 2.45) is 10.7 Å². The summed E-state index contributed by atoms with van der Waals surface area (Å²) >= 11 is 0. The Morgan fingerprint density at radius 2 is 2.07 bits per heavy atom. The molecule has 2 aromatic heterocycles. The highest BCUT2D eigenvalue weighted by molar-refractivity contribution is 6.09. The first-order chi connectivity index (χ1) is 13.5. The van der Waals surface area contributed by atoms with E-state index in [1.165, 1.54) is 17.1 Å². The number of hydrogen-bond donors (Lipinski definition) is 2. The van der Waals surface area contributed by atoms with Crippen molar-refractivity contribution >= 4 is 11.9 Å². The fourth-order valence-corrected chi connectivity index (χ4v) is 3.30. The van der Waals surface area contributed by atoms with E-state index in [2.05, 4.69) is 20.4 Å². The SMILES string of the molecule is NC1=NC(c2cccc(-c3cccnc3F)c2)(c2cnn(CCF)c2)C(=O)N1. The number of nitrogens with two attached hydrogens (primary N) is 1. The van der Waals surface area contributed by atoms with E-state index >= 15 is 0 Å². The number of benzene rings is 1. The molecule has 0 saturated carbocycles. The van der Waals surface area contributed by atoms with Gasteiger partial charge in [-0.1, -0.05) is 18.2 Å². The van der Waals surface area contributed by atoms with Crippen molar-refractivity contribution in [2.45, 2.75) is 12.1 Å². The molecule has 4 rings (SSSR count). The minimum Gasteiger partial charge on any atom is -0.370 e. The maximum Gasteiger partial charge on any atom is 0.264 e. The number of nitrogens with zero attached hydrogens (tertiary/aromatic N) is 4. The molecule has 28 heavy (non-hydrogen) atoms. The Labute approximate surface area is 158 Å². The Kier molecular flexibility index (Phi) is 4.34. The first-order valence-electron chi connectivity index (χ1n) is 8.51. The lowest BCUT2D eigenvalue weighted by Crippen LogP contribution is -2.39. The van der Waals surface area contributed by atoms with Gasteiger partial charge in [0.05, 0.1) is 12.7 Å². The maximum absolute atomic E-state index is 14.1. The van der Waals surface area contributed by atoms with E-state index in [0.29, 0.717) is 22.3 Å². The lowest BCUT2D eigenvalue weighted by molar-refractivity contribution is -0.122. The maximum atomic E-state index is 14.1. The van der Waals surface area contributed by atoms with Crippen LogP contribution in [-0.4, -0.2) is 33.3 Å². The van der Waals surface area contributed by atoms with E-state index in [1.54, 1.807) is 42.6 Å². The van der Waals surface area contributed by atoms with Crippen molar-refractivity contribution < 1.29 is 13.6 Å². The van der Waals surface area contributed by atoms with Crippen LogP contribution < -0.4 is 11.1 Å². The van der Waals surface area contributed by atoms with Gasteiger partial charge < -0.3 is 5.73 Å². The zero-order valence-corrected chi connectivity index (χ0v) is 14.6. The van der Waals surface area contributed by atoms with Crippen molar-refractivity contribution in [1.29, 1.82) is 0 Å². The summed E-state index contributed by atoms with van der Waals surface area (Å²) in [5.74, 6) is -1.13. The number of carbonyl (C=O) groups excluding carboxylic acids is 1. The van der Waals surface area contributed by atoms with Crippen molar-refractivity contribution in [3.8, 4) is 11.1 Å². The second-order valence-corrected chi connectivity index (χ2v) is 6.27. The van der Waals surface area contributed by atoms with Crippen LogP contribution >= 0.6 is 0 Å². The highest BCUT2D eigenvalue weighted by Gasteiger charge is 2.47. The number of rotatable bonds is 5. The highest BCUT2D eigenvalue weighted by Crippen LogP contribution is 2.38. The first-order valence-corrected chi connectivity index (χ1v) is 8.51. The van der Waals surface area contributed by atoms with Gasteiger partial charge in [-0.2, -0.15) is 9.49 Å².